The van der Waals surface area contributed by atoms with Gasteiger partial charge in [0.25, 0.3) is 0 Å². The summed E-state index contributed by atoms with van der Waals surface area (Å²) < 4.78 is 5.75. The Kier molecular flexibility index (Phi) is 5.07. The summed E-state index contributed by atoms with van der Waals surface area (Å²) in [7, 11) is 0. The van der Waals surface area contributed by atoms with Gasteiger partial charge in [0.1, 0.15) is 5.75 Å². The number of ether oxygens (including phenoxy) is 1. The van der Waals surface area contributed by atoms with Gasteiger partial charge in [-0.05, 0) is 35.7 Å². The summed E-state index contributed by atoms with van der Waals surface area (Å²) >= 11 is 1.55. The number of benzene rings is 2. The fourth-order valence-corrected chi connectivity index (χ4v) is 3.87. The highest BCUT2D eigenvalue weighted by molar-refractivity contribution is 7.07. The molecular formula is C21H21N3O2S. The van der Waals surface area contributed by atoms with Gasteiger partial charge in [0.05, 0.1) is 29.9 Å². The van der Waals surface area contributed by atoms with Crippen molar-refractivity contribution in [2.75, 3.05) is 18.9 Å². The van der Waals surface area contributed by atoms with Crippen molar-refractivity contribution in [3.8, 4) is 17.0 Å². The molecule has 3 aromatic rings. The number of fused-ring (bicyclic) bond motifs is 1. The summed E-state index contributed by atoms with van der Waals surface area (Å²) in [5.41, 5.74) is 12.9. The molecule has 1 aromatic heterocycles. The Morgan fingerprint density at radius 3 is 2.85 bits per heavy atom. The number of nitrogens with zero attached hydrogens (tertiary/aromatic N) is 2. The number of rotatable bonds is 5. The molecule has 4 rings (SSSR count). The van der Waals surface area contributed by atoms with Gasteiger partial charge < -0.3 is 15.4 Å². The zero-order valence-corrected chi connectivity index (χ0v) is 15.7. The second-order valence-corrected chi connectivity index (χ2v) is 7.28. The van der Waals surface area contributed by atoms with E-state index in [0.717, 1.165) is 24.2 Å². The van der Waals surface area contributed by atoms with Crippen molar-refractivity contribution in [2.24, 2.45) is 0 Å². The van der Waals surface area contributed by atoms with Crippen LogP contribution in [-0.2, 0) is 17.8 Å². The molecule has 1 aliphatic heterocycles. The van der Waals surface area contributed by atoms with E-state index in [2.05, 4.69) is 17.1 Å². The van der Waals surface area contributed by atoms with Crippen LogP contribution in [0.1, 0.15) is 17.5 Å². The molecular weight excluding hydrogens is 358 g/mol. The minimum atomic E-state index is 0.113. The summed E-state index contributed by atoms with van der Waals surface area (Å²) in [6.07, 6.45) is 1.25. The van der Waals surface area contributed by atoms with Crippen LogP contribution in [0.4, 0.5) is 5.69 Å². The van der Waals surface area contributed by atoms with E-state index in [9.17, 15) is 4.79 Å². The van der Waals surface area contributed by atoms with Gasteiger partial charge in [-0.3, -0.25) is 4.79 Å². The summed E-state index contributed by atoms with van der Waals surface area (Å²) in [6, 6.07) is 13.9. The van der Waals surface area contributed by atoms with Gasteiger partial charge in [0, 0.05) is 24.0 Å². The maximum Gasteiger partial charge on any atom is 0.226 e. The van der Waals surface area contributed by atoms with Crippen molar-refractivity contribution in [3.63, 3.8) is 0 Å². The van der Waals surface area contributed by atoms with E-state index < -0.39 is 0 Å². The van der Waals surface area contributed by atoms with Gasteiger partial charge in [-0.25, -0.2) is 4.98 Å². The largest absolute Gasteiger partial charge is 0.491 e. The van der Waals surface area contributed by atoms with Crippen LogP contribution in [0.25, 0.3) is 11.3 Å². The molecule has 1 aliphatic rings. The molecule has 27 heavy (non-hydrogen) atoms. The van der Waals surface area contributed by atoms with Crippen molar-refractivity contribution in [3.05, 3.63) is 64.5 Å². The molecule has 0 unspecified atom stereocenters. The number of nitrogen functional groups attached to an aromatic ring is 1. The lowest BCUT2D eigenvalue weighted by Crippen LogP contribution is -2.36. The molecule has 138 valence electrons. The van der Waals surface area contributed by atoms with Crippen molar-refractivity contribution >= 4 is 22.9 Å². The predicted octanol–water partition coefficient (Wildman–Crippen LogP) is 3.75. The molecule has 1 amide bonds. The lowest BCUT2D eigenvalue weighted by atomic mass is 10.00. The SMILES string of the molecule is Nc1cc(-c2cscn2)ccc1OCCC(=O)N1CCc2ccccc2C1. The Labute approximate surface area is 162 Å². The summed E-state index contributed by atoms with van der Waals surface area (Å²) in [4.78, 5) is 18.7. The molecule has 0 saturated heterocycles. The summed E-state index contributed by atoms with van der Waals surface area (Å²) in [5.74, 6) is 0.716. The lowest BCUT2D eigenvalue weighted by molar-refractivity contribution is -0.132. The Bertz CT molecular complexity index is 940. The van der Waals surface area contributed by atoms with Gasteiger partial charge in [0.15, 0.2) is 0 Å². The van der Waals surface area contributed by atoms with Crippen LogP contribution in [0, 0.1) is 0 Å². The minimum Gasteiger partial charge on any atom is -0.491 e. The highest BCUT2D eigenvalue weighted by Gasteiger charge is 2.20. The van der Waals surface area contributed by atoms with Crippen LogP contribution in [0.3, 0.4) is 0 Å². The quantitative estimate of drug-likeness (QED) is 0.686. The third kappa shape index (κ3) is 3.95. The molecule has 6 heteroatoms. The summed E-state index contributed by atoms with van der Waals surface area (Å²) in [5, 5.41) is 1.98. The van der Waals surface area contributed by atoms with Gasteiger partial charge in [0.2, 0.25) is 5.91 Å². The third-order valence-corrected chi connectivity index (χ3v) is 5.38. The molecule has 5 nitrogen and oxygen atoms in total. The third-order valence-electron chi connectivity index (χ3n) is 4.79. The lowest BCUT2D eigenvalue weighted by Gasteiger charge is -2.29. The van der Waals surface area contributed by atoms with Crippen molar-refractivity contribution in [1.29, 1.82) is 0 Å². The molecule has 0 fully saturated rings. The van der Waals surface area contributed by atoms with Gasteiger partial charge >= 0.3 is 0 Å². The molecule has 0 bridgehead atoms. The number of aromatic nitrogens is 1. The smallest absolute Gasteiger partial charge is 0.226 e. The molecule has 2 aromatic carbocycles. The Morgan fingerprint density at radius 1 is 1.22 bits per heavy atom. The fourth-order valence-electron chi connectivity index (χ4n) is 3.31. The molecule has 0 atom stereocenters. The first-order chi connectivity index (χ1) is 13.2. The van der Waals surface area contributed by atoms with Gasteiger partial charge in [-0.1, -0.05) is 24.3 Å². The average molecular weight is 379 g/mol. The number of carbonyl (C=O) groups is 1. The van der Waals surface area contributed by atoms with Crippen molar-refractivity contribution < 1.29 is 9.53 Å². The van der Waals surface area contributed by atoms with Crippen LogP contribution in [-0.4, -0.2) is 28.9 Å². The maximum absolute atomic E-state index is 12.5. The van der Waals surface area contributed by atoms with E-state index in [1.807, 2.05) is 40.6 Å². The molecule has 0 saturated carbocycles. The van der Waals surface area contributed by atoms with E-state index in [1.54, 1.807) is 16.8 Å². The Balaban J connectivity index is 1.32. The molecule has 2 N–H and O–H groups in total. The van der Waals surface area contributed by atoms with Crippen LogP contribution in [0.5, 0.6) is 5.75 Å². The molecule has 0 spiro atoms. The second kappa shape index (κ2) is 7.80. The van der Waals surface area contributed by atoms with E-state index in [-0.39, 0.29) is 5.91 Å². The van der Waals surface area contributed by atoms with Crippen LogP contribution >= 0.6 is 11.3 Å². The van der Waals surface area contributed by atoms with Crippen molar-refractivity contribution in [2.45, 2.75) is 19.4 Å². The number of hydrogen-bond acceptors (Lipinski definition) is 5. The van der Waals surface area contributed by atoms with Crippen LogP contribution in [0.15, 0.2) is 53.4 Å². The fraction of sp³-hybridized carbons (Fsp3) is 0.238. The zero-order chi connectivity index (χ0) is 18.6. The van der Waals surface area contributed by atoms with E-state index in [0.29, 0.717) is 31.0 Å². The molecule has 0 radical (unpaired) electrons. The Morgan fingerprint density at radius 2 is 2.07 bits per heavy atom. The van der Waals surface area contributed by atoms with Crippen LogP contribution < -0.4 is 10.5 Å². The summed E-state index contributed by atoms with van der Waals surface area (Å²) in [6.45, 7) is 1.76. The van der Waals surface area contributed by atoms with E-state index in [1.165, 1.54) is 11.1 Å². The first-order valence-electron chi connectivity index (χ1n) is 8.96. The molecule has 0 aliphatic carbocycles. The highest BCUT2D eigenvalue weighted by atomic mass is 32.1. The number of anilines is 1. The average Bonchev–Trinajstić information content (AvgIpc) is 3.23. The minimum absolute atomic E-state index is 0.113. The Hall–Kier alpha value is -2.86. The van der Waals surface area contributed by atoms with E-state index >= 15 is 0 Å². The topological polar surface area (TPSA) is 68.5 Å². The van der Waals surface area contributed by atoms with E-state index in [4.69, 9.17) is 10.5 Å². The first kappa shape index (κ1) is 17.5. The number of carbonyl (C=O) groups excluding carboxylic acids is 1. The van der Waals surface area contributed by atoms with Gasteiger partial charge in [-0.2, -0.15) is 0 Å². The maximum atomic E-state index is 12.5. The first-order valence-corrected chi connectivity index (χ1v) is 9.90. The number of amides is 1. The highest BCUT2D eigenvalue weighted by Crippen LogP contribution is 2.28. The zero-order valence-electron chi connectivity index (χ0n) is 14.9. The standard InChI is InChI=1S/C21H21N3O2S/c22-18-11-16(19-13-27-14-23-19)5-6-20(18)26-10-8-21(25)24-9-7-15-3-1-2-4-17(15)12-24/h1-6,11,13-14H,7-10,12,22H2. The molecule has 2 heterocycles. The second-order valence-electron chi connectivity index (χ2n) is 6.56. The van der Waals surface area contributed by atoms with Crippen molar-refractivity contribution in [1.82, 2.24) is 9.88 Å². The normalized spacial score (nSPS) is 13.3. The van der Waals surface area contributed by atoms with Gasteiger partial charge in [-0.15, -0.1) is 11.3 Å². The number of thiazole rings is 1. The monoisotopic (exact) mass is 379 g/mol. The number of hydrogen-bond donors (Lipinski definition) is 1. The number of nitrogens with two attached hydrogens (primary N) is 1. The predicted molar refractivity (Wildman–Crippen MR) is 108 cm³/mol. The van der Waals surface area contributed by atoms with Crippen LogP contribution in [0.2, 0.25) is 0 Å².